The number of benzene rings is 1. The zero-order valence-corrected chi connectivity index (χ0v) is 16.1. The number of hydrogen-bond acceptors (Lipinski definition) is 2. The second kappa shape index (κ2) is 5.56. The van der Waals surface area contributed by atoms with Gasteiger partial charge in [-0.2, -0.15) is 0 Å². The van der Waals surface area contributed by atoms with Crippen LogP contribution in [0.4, 0.5) is 0 Å². The lowest BCUT2D eigenvalue weighted by Crippen LogP contribution is -2.34. The molecular formula is C24H25N3. The number of likely N-dealkylation sites (N-methyl/N-ethyl adjacent to an activating group) is 1. The summed E-state index contributed by atoms with van der Waals surface area (Å²) in [4.78, 5) is 6.94. The predicted molar refractivity (Wildman–Crippen MR) is 111 cm³/mol. The second-order valence-corrected chi connectivity index (χ2v) is 8.55. The van der Waals surface area contributed by atoms with Gasteiger partial charge in [-0.05, 0) is 80.1 Å². The molecule has 3 aromatic rings. The van der Waals surface area contributed by atoms with E-state index in [1.54, 1.807) is 11.3 Å². The Morgan fingerprint density at radius 3 is 3.00 bits per heavy atom. The average molecular weight is 355 g/mol. The Labute approximate surface area is 160 Å². The van der Waals surface area contributed by atoms with Gasteiger partial charge in [-0.1, -0.05) is 11.6 Å². The smallest absolute Gasteiger partial charge is 0.0529 e. The van der Waals surface area contributed by atoms with Crippen molar-refractivity contribution >= 4 is 22.7 Å². The van der Waals surface area contributed by atoms with E-state index in [-0.39, 0.29) is 0 Å². The SMILES string of the molecule is Cc1ccc2c(c1)c1c(n2/C=C2\CCc3cnccc32)CC2CCC1N2C. The van der Waals surface area contributed by atoms with Gasteiger partial charge in [-0.15, -0.1) is 0 Å². The third-order valence-corrected chi connectivity index (χ3v) is 7.10. The third-order valence-electron chi connectivity index (χ3n) is 7.10. The molecule has 1 aromatic carbocycles. The van der Waals surface area contributed by atoms with Crippen LogP contribution in [0.25, 0.3) is 22.7 Å². The third kappa shape index (κ3) is 2.15. The van der Waals surface area contributed by atoms with Gasteiger partial charge in [0.15, 0.2) is 0 Å². The molecule has 4 heterocycles. The maximum Gasteiger partial charge on any atom is 0.0529 e. The molecule has 6 rings (SSSR count). The number of hydrogen-bond donors (Lipinski definition) is 0. The van der Waals surface area contributed by atoms with Crippen molar-refractivity contribution in [3.8, 4) is 0 Å². The van der Waals surface area contributed by atoms with Crippen molar-refractivity contribution in [2.75, 3.05) is 7.05 Å². The molecule has 3 aliphatic rings. The fourth-order valence-corrected chi connectivity index (χ4v) is 5.70. The summed E-state index contributed by atoms with van der Waals surface area (Å²) >= 11 is 0. The first-order valence-electron chi connectivity index (χ1n) is 10.2. The summed E-state index contributed by atoms with van der Waals surface area (Å²) in [6.07, 6.45) is 12.4. The molecule has 0 amide bonds. The van der Waals surface area contributed by atoms with Gasteiger partial charge in [0.2, 0.25) is 0 Å². The molecule has 2 aliphatic heterocycles. The first kappa shape index (κ1) is 15.6. The molecule has 3 heteroatoms. The molecule has 2 atom stereocenters. The molecule has 2 aromatic heterocycles. The zero-order chi connectivity index (χ0) is 18.1. The first-order valence-corrected chi connectivity index (χ1v) is 10.2. The standard InChI is InChI=1S/C24H25N3/c1-15-3-7-21-20(11-15)24-22-8-6-18(26(22)2)12-23(24)27(21)14-17-5-4-16-13-25-10-9-19(16)17/h3,7,9-11,13-14,18,22H,4-6,8,12H2,1-2H3/b17-14+. The van der Waals surface area contributed by atoms with Crippen molar-refractivity contribution in [3.63, 3.8) is 0 Å². The Morgan fingerprint density at radius 2 is 2.07 bits per heavy atom. The highest BCUT2D eigenvalue weighted by atomic mass is 15.2. The fourth-order valence-electron chi connectivity index (χ4n) is 5.70. The topological polar surface area (TPSA) is 21.1 Å². The van der Waals surface area contributed by atoms with Crippen LogP contribution in [0.1, 0.15) is 53.3 Å². The highest BCUT2D eigenvalue weighted by molar-refractivity contribution is 5.92. The minimum absolute atomic E-state index is 0.586. The van der Waals surface area contributed by atoms with Crippen molar-refractivity contribution in [1.29, 1.82) is 0 Å². The number of fused-ring (bicyclic) bond motifs is 7. The molecule has 0 saturated carbocycles. The summed E-state index contributed by atoms with van der Waals surface area (Å²) in [5, 5.41) is 1.46. The predicted octanol–water partition coefficient (Wildman–Crippen LogP) is 4.98. The molecule has 136 valence electrons. The molecule has 3 nitrogen and oxygen atoms in total. The molecule has 1 aliphatic carbocycles. The molecule has 1 fully saturated rings. The van der Waals surface area contributed by atoms with Crippen LogP contribution in [0.5, 0.6) is 0 Å². The van der Waals surface area contributed by atoms with Gasteiger partial charge < -0.3 is 4.57 Å². The number of nitrogens with zero attached hydrogens (tertiary/aromatic N) is 3. The van der Waals surface area contributed by atoms with Gasteiger partial charge in [0.05, 0.1) is 5.52 Å². The van der Waals surface area contributed by atoms with E-state index >= 15 is 0 Å². The Morgan fingerprint density at radius 1 is 1.15 bits per heavy atom. The minimum atomic E-state index is 0.586. The maximum absolute atomic E-state index is 4.31. The van der Waals surface area contributed by atoms with E-state index in [9.17, 15) is 0 Å². The van der Waals surface area contributed by atoms with Gasteiger partial charge in [-0.25, -0.2) is 0 Å². The van der Waals surface area contributed by atoms with Gasteiger partial charge in [-0.3, -0.25) is 9.88 Å². The van der Waals surface area contributed by atoms with Crippen LogP contribution in [0.2, 0.25) is 0 Å². The fraction of sp³-hybridized carbons (Fsp3) is 0.375. The molecular weight excluding hydrogens is 330 g/mol. The first-order chi connectivity index (χ1) is 13.2. The van der Waals surface area contributed by atoms with Crippen LogP contribution in [0.3, 0.4) is 0 Å². The Balaban J connectivity index is 1.61. The van der Waals surface area contributed by atoms with Crippen molar-refractivity contribution in [3.05, 3.63) is 64.6 Å². The molecule has 0 radical (unpaired) electrons. The van der Waals surface area contributed by atoms with Crippen LogP contribution in [0, 0.1) is 6.92 Å². The number of allylic oxidation sites excluding steroid dienone is 1. The van der Waals surface area contributed by atoms with E-state index in [2.05, 4.69) is 58.9 Å². The summed E-state index contributed by atoms with van der Waals surface area (Å²) in [5.74, 6) is 0. The molecule has 0 N–H and O–H groups in total. The molecule has 2 bridgehead atoms. The van der Waals surface area contributed by atoms with E-state index in [1.807, 2.05) is 12.4 Å². The summed E-state index contributed by atoms with van der Waals surface area (Å²) < 4.78 is 2.54. The van der Waals surface area contributed by atoms with E-state index in [1.165, 1.54) is 52.4 Å². The Bertz CT molecular complexity index is 1100. The summed E-state index contributed by atoms with van der Waals surface area (Å²) in [6, 6.07) is 10.5. The molecule has 1 saturated heterocycles. The second-order valence-electron chi connectivity index (χ2n) is 8.55. The summed E-state index contributed by atoms with van der Waals surface area (Å²) in [6.45, 7) is 2.21. The largest absolute Gasteiger partial charge is 0.320 e. The monoisotopic (exact) mass is 355 g/mol. The molecule has 0 spiro atoms. The van der Waals surface area contributed by atoms with Crippen molar-refractivity contribution in [2.45, 2.75) is 51.1 Å². The number of rotatable bonds is 1. The van der Waals surface area contributed by atoms with Crippen molar-refractivity contribution < 1.29 is 0 Å². The Kier molecular flexibility index (Phi) is 3.22. The van der Waals surface area contributed by atoms with Crippen molar-refractivity contribution in [2.24, 2.45) is 0 Å². The Hall–Kier alpha value is -2.39. The normalized spacial score (nSPS) is 25.3. The average Bonchev–Trinajstić information content (AvgIpc) is 3.28. The van der Waals surface area contributed by atoms with Crippen LogP contribution in [-0.4, -0.2) is 27.5 Å². The van der Waals surface area contributed by atoms with E-state index < -0.39 is 0 Å². The lowest BCUT2D eigenvalue weighted by atomic mass is 9.97. The molecule has 27 heavy (non-hydrogen) atoms. The van der Waals surface area contributed by atoms with E-state index in [0.29, 0.717) is 12.1 Å². The summed E-state index contributed by atoms with van der Waals surface area (Å²) in [5.41, 5.74) is 10.1. The minimum Gasteiger partial charge on any atom is -0.320 e. The van der Waals surface area contributed by atoms with Gasteiger partial charge in [0, 0.05) is 48.2 Å². The van der Waals surface area contributed by atoms with Crippen molar-refractivity contribution in [1.82, 2.24) is 14.5 Å². The lowest BCUT2D eigenvalue weighted by molar-refractivity contribution is 0.223. The maximum atomic E-state index is 4.31. The van der Waals surface area contributed by atoms with Gasteiger partial charge in [0.1, 0.15) is 0 Å². The van der Waals surface area contributed by atoms with Gasteiger partial charge in [0.25, 0.3) is 0 Å². The quantitative estimate of drug-likeness (QED) is 0.614. The van der Waals surface area contributed by atoms with E-state index in [4.69, 9.17) is 0 Å². The zero-order valence-electron chi connectivity index (χ0n) is 16.1. The van der Waals surface area contributed by atoms with Crippen LogP contribution >= 0.6 is 0 Å². The molecule has 2 unspecified atom stereocenters. The number of aromatic nitrogens is 2. The highest BCUT2D eigenvalue weighted by Gasteiger charge is 2.40. The summed E-state index contributed by atoms with van der Waals surface area (Å²) in [7, 11) is 2.32. The number of pyridine rings is 1. The number of aryl methyl sites for hydroxylation is 2. The van der Waals surface area contributed by atoms with Crippen LogP contribution in [-0.2, 0) is 12.8 Å². The van der Waals surface area contributed by atoms with E-state index in [0.717, 1.165) is 12.8 Å². The highest BCUT2D eigenvalue weighted by Crippen LogP contribution is 2.47. The lowest BCUT2D eigenvalue weighted by Gasteiger charge is -2.32. The van der Waals surface area contributed by atoms with Crippen LogP contribution in [0.15, 0.2) is 36.7 Å². The van der Waals surface area contributed by atoms with Gasteiger partial charge >= 0.3 is 0 Å². The van der Waals surface area contributed by atoms with Crippen LogP contribution < -0.4 is 0 Å².